The van der Waals surface area contributed by atoms with Crippen molar-refractivity contribution in [2.45, 2.75) is 62.2 Å². The molecule has 2 saturated carbocycles. The minimum atomic E-state index is -0.697. The molecule has 3 rings (SSSR count). The van der Waals surface area contributed by atoms with Gasteiger partial charge >= 0.3 is 0 Å². The fourth-order valence-corrected chi connectivity index (χ4v) is 5.40. The van der Waals surface area contributed by atoms with Gasteiger partial charge in [0, 0.05) is 46.9 Å². The van der Waals surface area contributed by atoms with Crippen molar-refractivity contribution in [3.63, 3.8) is 0 Å². The molecular formula is C21H33N3O2S. The third-order valence-corrected chi connectivity index (χ3v) is 7.74. The zero-order chi connectivity index (χ0) is 19.3. The van der Waals surface area contributed by atoms with Crippen LogP contribution in [0, 0.1) is 0 Å². The van der Waals surface area contributed by atoms with Gasteiger partial charge in [-0.3, -0.25) is 9.20 Å². The number of nitrogens with one attached hydrogen (secondary N) is 2. The second kappa shape index (κ2) is 9.09. The zero-order valence-corrected chi connectivity index (χ0v) is 17.6. The molecule has 1 aromatic carbocycles. The van der Waals surface area contributed by atoms with Crippen LogP contribution in [0.2, 0.25) is 0 Å². The van der Waals surface area contributed by atoms with Crippen LogP contribution < -0.4 is 15.4 Å². The lowest BCUT2D eigenvalue weighted by Gasteiger charge is -2.30. The summed E-state index contributed by atoms with van der Waals surface area (Å²) in [6.07, 6.45) is 6.73. The molecule has 2 aliphatic rings. The lowest BCUT2D eigenvalue weighted by Crippen LogP contribution is -2.48. The van der Waals surface area contributed by atoms with E-state index in [1.807, 2.05) is 26.1 Å². The first-order valence-electron chi connectivity index (χ1n) is 10.1. The first kappa shape index (κ1) is 20.2. The predicted molar refractivity (Wildman–Crippen MR) is 113 cm³/mol. The van der Waals surface area contributed by atoms with Crippen LogP contribution in [0.15, 0.2) is 29.3 Å². The maximum atomic E-state index is 12.2. The smallest absolute Gasteiger partial charge is 0.191 e. The highest BCUT2D eigenvalue weighted by molar-refractivity contribution is 7.85. The number of ether oxygens (including phenoxy) is 1. The Hall–Kier alpha value is -1.56. The summed E-state index contributed by atoms with van der Waals surface area (Å²) in [5.41, 5.74) is 1.57. The van der Waals surface area contributed by atoms with E-state index in [1.165, 1.54) is 18.4 Å². The maximum Gasteiger partial charge on any atom is 0.191 e. The molecule has 2 N–H and O–H groups in total. The lowest BCUT2D eigenvalue weighted by atomic mass is 9.95. The number of aliphatic imine (C=N–C) groups is 1. The largest absolute Gasteiger partial charge is 0.497 e. The molecule has 27 heavy (non-hydrogen) atoms. The molecule has 2 aliphatic carbocycles. The highest BCUT2D eigenvalue weighted by Crippen LogP contribution is 2.47. The highest BCUT2D eigenvalue weighted by atomic mass is 32.2. The quantitative estimate of drug-likeness (QED) is 0.554. The standard InChI is InChI=1S/C21H33N3O2S/c1-4-27(25)19-7-5-6-17(14-19)24-20(22-2)23-15-21(12-13-21)16-8-10-18(26-3)11-9-16/h8-11,17,19H,4-7,12-15H2,1-3H3,(H2,22,23,24). The van der Waals surface area contributed by atoms with Gasteiger partial charge in [0.15, 0.2) is 5.96 Å². The Bertz CT molecular complexity index is 671. The van der Waals surface area contributed by atoms with Crippen molar-refractivity contribution in [1.82, 2.24) is 10.6 Å². The molecule has 0 amide bonds. The molecule has 0 saturated heterocycles. The molecule has 1 aromatic rings. The van der Waals surface area contributed by atoms with Gasteiger partial charge in [0.1, 0.15) is 5.75 Å². The molecule has 3 unspecified atom stereocenters. The topological polar surface area (TPSA) is 62.7 Å². The van der Waals surface area contributed by atoms with E-state index in [1.54, 1.807) is 7.11 Å². The van der Waals surface area contributed by atoms with Gasteiger partial charge in [-0.2, -0.15) is 0 Å². The Morgan fingerprint density at radius 2 is 2.04 bits per heavy atom. The second-order valence-electron chi connectivity index (χ2n) is 7.73. The Kier molecular flexibility index (Phi) is 6.79. The molecule has 0 spiro atoms. The van der Waals surface area contributed by atoms with Gasteiger partial charge in [-0.05, 0) is 49.8 Å². The average Bonchev–Trinajstić information content (AvgIpc) is 3.52. The molecular weight excluding hydrogens is 358 g/mol. The van der Waals surface area contributed by atoms with E-state index < -0.39 is 10.8 Å². The normalized spacial score (nSPS) is 25.5. The summed E-state index contributed by atoms with van der Waals surface area (Å²) < 4.78 is 17.4. The Morgan fingerprint density at radius 3 is 2.63 bits per heavy atom. The highest BCUT2D eigenvalue weighted by Gasteiger charge is 2.44. The number of guanidine groups is 1. The summed E-state index contributed by atoms with van der Waals surface area (Å²) in [5, 5.41) is 7.43. The zero-order valence-electron chi connectivity index (χ0n) is 16.8. The van der Waals surface area contributed by atoms with Gasteiger partial charge in [-0.15, -0.1) is 0 Å². The molecule has 0 aliphatic heterocycles. The summed E-state index contributed by atoms with van der Waals surface area (Å²) in [6, 6.07) is 8.80. The van der Waals surface area contributed by atoms with E-state index >= 15 is 0 Å². The molecule has 0 bridgehead atoms. The fraction of sp³-hybridized carbons (Fsp3) is 0.667. The number of methoxy groups -OCH3 is 1. The third-order valence-electron chi connectivity index (χ3n) is 6.00. The van der Waals surface area contributed by atoms with Gasteiger partial charge in [0.05, 0.1) is 7.11 Å². The van der Waals surface area contributed by atoms with Crippen molar-refractivity contribution in [2.75, 3.05) is 26.5 Å². The van der Waals surface area contributed by atoms with Crippen LogP contribution in [0.1, 0.15) is 51.0 Å². The van der Waals surface area contributed by atoms with Crippen LogP contribution in [0.5, 0.6) is 5.75 Å². The molecule has 150 valence electrons. The summed E-state index contributed by atoms with van der Waals surface area (Å²) in [5.74, 6) is 2.52. The number of hydrogen-bond acceptors (Lipinski definition) is 3. The Labute approximate surface area is 165 Å². The van der Waals surface area contributed by atoms with Crippen LogP contribution in [0.3, 0.4) is 0 Å². The van der Waals surface area contributed by atoms with Crippen LogP contribution >= 0.6 is 0 Å². The summed E-state index contributed by atoms with van der Waals surface area (Å²) >= 11 is 0. The molecule has 6 heteroatoms. The van der Waals surface area contributed by atoms with Crippen LogP contribution in [-0.2, 0) is 16.2 Å². The average molecular weight is 392 g/mol. The van der Waals surface area contributed by atoms with Crippen molar-refractivity contribution in [3.05, 3.63) is 29.8 Å². The minimum Gasteiger partial charge on any atom is -0.497 e. The SMILES string of the molecule is CCS(=O)C1CCCC(NC(=NC)NCC2(c3ccc(OC)cc3)CC2)C1. The van der Waals surface area contributed by atoms with E-state index in [0.717, 1.165) is 49.7 Å². The van der Waals surface area contributed by atoms with Gasteiger partial charge in [0.25, 0.3) is 0 Å². The van der Waals surface area contributed by atoms with E-state index in [0.29, 0.717) is 11.3 Å². The Morgan fingerprint density at radius 1 is 1.30 bits per heavy atom. The second-order valence-corrected chi connectivity index (χ2v) is 9.74. The number of benzene rings is 1. The first-order chi connectivity index (χ1) is 13.1. The summed E-state index contributed by atoms with van der Waals surface area (Å²) in [6.45, 7) is 2.90. The van der Waals surface area contributed by atoms with E-state index in [2.05, 4.69) is 27.8 Å². The van der Waals surface area contributed by atoms with Crippen molar-refractivity contribution in [2.24, 2.45) is 4.99 Å². The molecule has 2 fully saturated rings. The van der Waals surface area contributed by atoms with Crippen LogP contribution in [0.25, 0.3) is 0 Å². The van der Waals surface area contributed by atoms with Crippen molar-refractivity contribution in [3.8, 4) is 5.75 Å². The summed E-state index contributed by atoms with van der Waals surface area (Å²) in [4.78, 5) is 4.42. The van der Waals surface area contributed by atoms with E-state index in [4.69, 9.17) is 4.74 Å². The minimum absolute atomic E-state index is 0.211. The van der Waals surface area contributed by atoms with Gasteiger partial charge in [-0.1, -0.05) is 25.5 Å². The summed E-state index contributed by atoms with van der Waals surface area (Å²) in [7, 11) is 2.83. The fourth-order valence-electron chi connectivity index (χ4n) is 4.05. The van der Waals surface area contributed by atoms with Gasteiger partial charge < -0.3 is 15.4 Å². The van der Waals surface area contributed by atoms with Gasteiger partial charge in [-0.25, -0.2) is 0 Å². The monoisotopic (exact) mass is 391 g/mol. The molecule has 3 atom stereocenters. The third kappa shape index (κ3) is 5.03. The van der Waals surface area contributed by atoms with E-state index in [-0.39, 0.29) is 5.41 Å². The number of hydrogen-bond donors (Lipinski definition) is 2. The molecule has 5 nitrogen and oxygen atoms in total. The van der Waals surface area contributed by atoms with Crippen molar-refractivity contribution in [1.29, 1.82) is 0 Å². The van der Waals surface area contributed by atoms with Crippen LogP contribution in [0.4, 0.5) is 0 Å². The van der Waals surface area contributed by atoms with Crippen molar-refractivity contribution < 1.29 is 8.95 Å². The van der Waals surface area contributed by atoms with E-state index in [9.17, 15) is 4.21 Å². The molecule has 0 aromatic heterocycles. The number of rotatable bonds is 7. The molecule has 0 radical (unpaired) electrons. The predicted octanol–water partition coefficient (Wildman–Crippen LogP) is 2.97. The Balaban J connectivity index is 1.54. The lowest BCUT2D eigenvalue weighted by molar-refractivity contribution is 0.412. The first-order valence-corrected chi connectivity index (χ1v) is 11.5. The maximum absolute atomic E-state index is 12.2. The van der Waals surface area contributed by atoms with Gasteiger partial charge in [0.2, 0.25) is 0 Å². The van der Waals surface area contributed by atoms with Crippen LogP contribution in [-0.4, -0.2) is 47.9 Å². The van der Waals surface area contributed by atoms with Crippen molar-refractivity contribution >= 4 is 16.8 Å². The molecule has 0 heterocycles. The number of nitrogens with zero attached hydrogens (tertiary/aromatic N) is 1.